The lowest BCUT2D eigenvalue weighted by Gasteiger charge is -2.26. The Morgan fingerprint density at radius 3 is 2.42 bits per heavy atom. The van der Waals surface area contributed by atoms with Crippen LogP contribution in [0.1, 0.15) is 42.5 Å². The van der Waals surface area contributed by atoms with Gasteiger partial charge in [-0.1, -0.05) is 42.8 Å². The zero-order valence-corrected chi connectivity index (χ0v) is 17.6. The molecule has 5 heteroatoms. The molecule has 0 N–H and O–H groups in total. The molecule has 4 heterocycles. The van der Waals surface area contributed by atoms with Gasteiger partial charge in [0.15, 0.2) is 0 Å². The third-order valence-electron chi connectivity index (χ3n) is 7.12. The molecule has 0 aliphatic carbocycles. The number of aromatic nitrogens is 2. The van der Waals surface area contributed by atoms with Crippen LogP contribution < -0.4 is 0 Å². The number of carbonyl (C=O) groups excluding carboxylic acids is 2. The number of aryl methyl sites for hydroxylation is 2. The summed E-state index contributed by atoms with van der Waals surface area (Å²) >= 11 is 0. The number of carbonyl (C=O) groups is 2. The van der Waals surface area contributed by atoms with Crippen LogP contribution in [-0.4, -0.2) is 21.1 Å². The van der Waals surface area contributed by atoms with E-state index >= 15 is 0 Å². The van der Waals surface area contributed by atoms with Crippen molar-refractivity contribution in [3.63, 3.8) is 0 Å². The van der Waals surface area contributed by atoms with Crippen molar-refractivity contribution < 1.29 is 14.3 Å². The molecule has 2 aromatic heterocycles. The molecule has 1 saturated heterocycles. The van der Waals surface area contributed by atoms with Gasteiger partial charge in [0.1, 0.15) is 5.41 Å². The lowest BCUT2D eigenvalue weighted by molar-refractivity contribution is -0.153. The number of benzene rings is 2. The molecule has 1 fully saturated rings. The predicted octanol–water partition coefficient (Wildman–Crippen LogP) is 4.62. The number of hydrogen-bond donors (Lipinski definition) is 0. The van der Waals surface area contributed by atoms with Crippen LogP contribution in [0.25, 0.3) is 21.8 Å². The zero-order valence-electron chi connectivity index (χ0n) is 17.6. The first-order chi connectivity index (χ1) is 15.1. The molecule has 2 aliphatic rings. The molecule has 1 atom stereocenters. The fraction of sp³-hybridized carbons (Fsp3) is 0.308. The molecule has 0 bridgehead atoms. The second kappa shape index (κ2) is 6.58. The van der Waals surface area contributed by atoms with Gasteiger partial charge in [0.25, 0.3) is 0 Å². The van der Waals surface area contributed by atoms with Gasteiger partial charge >= 0.3 is 11.9 Å². The molecule has 156 valence electrons. The van der Waals surface area contributed by atoms with Gasteiger partial charge in [-0.05, 0) is 31.4 Å². The largest absolute Gasteiger partial charge is 0.392 e. The quantitative estimate of drug-likeness (QED) is 0.357. The monoisotopic (exact) mass is 412 g/mol. The van der Waals surface area contributed by atoms with Gasteiger partial charge in [0.2, 0.25) is 0 Å². The summed E-state index contributed by atoms with van der Waals surface area (Å²) in [4.78, 5) is 26.2. The highest BCUT2D eigenvalue weighted by Crippen LogP contribution is 2.49. The molecule has 6 rings (SSSR count). The number of cyclic esters (lactones) is 2. The second-order valence-electron chi connectivity index (χ2n) is 8.82. The molecule has 5 nitrogen and oxygen atoms in total. The van der Waals surface area contributed by atoms with Gasteiger partial charge in [-0.15, -0.1) is 0 Å². The summed E-state index contributed by atoms with van der Waals surface area (Å²) < 4.78 is 9.71. The Bertz CT molecular complexity index is 1380. The molecule has 2 aliphatic heterocycles. The second-order valence-corrected chi connectivity index (χ2v) is 8.82. The van der Waals surface area contributed by atoms with Gasteiger partial charge in [0.05, 0.1) is 6.42 Å². The van der Waals surface area contributed by atoms with Gasteiger partial charge in [0, 0.05) is 58.4 Å². The summed E-state index contributed by atoms with van der Waals surface area (Å²) in [6, 6.07) is 16.4. The average molecular weight is 412 g/mol. The van der Waals surface area contributed by atoms with Gasteiger partial charge in [-0.3, -0.25) is 9.59 Å². The Kier molecular flexibility index (Phi) is 3.91. The minimum atomic E-state index is -1.12. The summed E-state index contributed by atoms with van der Waals surface area (Å²) in [5, 5.41) is 2.05. The number of para-hydroxylation sites is 2. The van der Waals surface area contributed by atoms with Crippen LogP contribution in [0, 0.1) is 0 Å². The fourth-order valence-corrected chi connectivity index (χ4v) is 5.81. The first-order valence-corrected chi connectivity index (χ1v) is 11.0. The highest BCUT2D eigenvalue weighted by molar-refractivity contribution is 6.09. The van der Waals surface area contributed by atoms with Gasteiger partial charge in [-0.25, -0.2) is 0 Å². The third-order valence-corrected chi connectivity index (χ3v) is 7.12. The smallest absolute Gasteiger partial charge is 0.329 e. The number of nitrogens with zero attached hydrogens (tertiary/aromatic N) is 2. The van der Waals surface area contributed by atoms with Crippen molar-refractivity contribution >= 4 is 33.7 Å². The van der Waals surface area contributed by atoms with Gasteiger partial charge in [-0.2, -0.15) is 0 Å². The maximum absolute atomic E-state index is 13.6. The maximum atomic E-state index is 13.6. The van der Waals surface area contributed by atoms with E-state index in [-0.39, 0.29) is 6.42 Å². The highest BCUT2D eigenvalue weighted by atomic mass is 16.6. The molecule has 4 aromatic rings. The van der Waals surface area contributed by atoms with E-state index in [2.05, 4.69) is 16.7 Å². The number of fused-ring (bicyclic) bond motifs is 4. The Labute approximate surface area is 180 Å². The van der Waals surface area contributed by atoms with E-state index in [9.17, 15) is 9.59 Å². The van der Waals surface area contributed by atoms with E-state index in [4.69, 9.17) is 4.74 Å². The van der Waals surface area contributed by atoms with E-state index in [1.807, 2.05) is 54.2 Å². The molecular formula is C26H24N2O3. The van der Waals surface area contributed by atoms with Crippen molar-refractivity contribution in [3.05, 3.63) is 71.5 Å². The molecule has 1 unspecified atom stereocenters. The SMILES string of the molecule is Cn1cc(C2(c3c4n(c5ccccc35)CCCCC4)CC(=O)OC2=O)c2ccccc21. The van der Waals surface area contributed by atoms with Crippen LogP contribution >= 0.6 is 0 Å². The van der Waals surface area contributed by atoms with Crippen LogP contribution in [0.2, 0.25) is 0 Å². The van der Waals surface area contributed by atoms with Crippen LogP contribution in [0.4, 0.5) is 0 Å². The Morgan fingerprint density at radius 1 is 0.903 bits per heavy atom. The number of hydrogen-bond acceptors (Lipinski definition) is 3. The van der Waals surface area contributed by atoms with Gasteiger partial charge < -0.3 is 13.9 Å². The van der Waals surface area contributed by atoms with Crippen LogP contribution in [0.3, 0.4) is 0 Å². The molecule has 0 radical (unpaired) electrons. The first-order valence-electron chi connectivity index (χ1n) is 11.0. The van der Waals surface area contributed by atoms with Crippen molar-refractivity contribution in [1.82, 2.24) is 9.13 Å². The molecule has 0 amide bonds. The van der Waals surface area contributed by atoms with E-state index in [1.165, 1.54) is 12.1 Å². The predicted molar refractivity (Wildman–Crippen MR) is 119 cm³/mol. The summed E-state index contributed by atoms with van der Waals surface area (Å²) in [5.74, 6) is -0.896. The molecule has 2 aromatic carbocycles. The van der Waals surface area contributed by atoms with Crippen LogP contribution in [0.15, 0.2) is 54.7 Å². The lowest BCUT2D eigenvalue weighted by Crippen LogP contribution is -2.34. The first kappa shape index (κ1) is 18.4. The lowest BCUT2D eigenvalue weighted by atomic mass is 9.71. The Morgan fingerprint density at radius 2 is 1.65 bits per heavy atom. The van der Waals surface area contributed by atoms with E-state index in [0.29, 0.717) is 0 Å². The normalized spacial score (nSPS) is 21.5. The molecule has 0 spiro atoms. The van der Waals surface area contributed by atoms with Crippen molar-refractivity contribution in [2.75, 3.05) is 0 Å². The van der Waals surface area contributed by atoms with Crippen molar-refractivity contribution in [3.8, 4) is 0 Å². The summed E-state index contributed by atoms with van der Waals surface area (Å²) in [6.07, 6.45) is 6.33. The Balaban J connectivity index is 1.76. The summed E-state index contributed by atoms with van der Waals surface area (Å²) in [5.41, 5.74) is 4.07. The van der Waals surface area contributed by atoms with Crippen molar-refractivity contribution in [1.29, 1.82) is 0 Å². The zero-order chi connectivity index (χ0) is 21.2. The number of esters is 2. The Hall–Kier alpha value is -3.34. The molecule has 0 saturated carbocycles. The highest BCUT2D eigenvalue weighted by Gasteiger charge is 2.55. The minimum absolute atomic E-state index is 0.0425. The van der Waals surface area contributed by atoms with Crippen molar-refractivity contribution in [2.24, 2.45) is 7.05 Å². The third kappa shape index (κ3) is 2.43. The minimum Gasteiger partial charge on any atom is -0.392 e. The standard InChI is InChI=1S/C26H24N2O3/c1-27-16-19(17-9-4-6-11-20(17)27)26(15-23(29)31-25(26)30)24-18-10-5-7-12-21(18)28-14-8-2-3-13-22(24)28/h4-7,9-12,16H,2-3,8,13-15H2,1H3. The van der Waals surface area contributed by atoms with E-state index < -0.39 is 17.4 Å². The topological polar surface area (TPSA) is 53.2 Å². The van der Waals surface area contributed by atoms with E-state index in [0.717, 1.165) is 58.7 Å². The summed E-state index contributed by atoms with van der Waals surface area (Å²) in [7, 11) is 1.99. The number of rotatable bonds is 2. The molecule has 31 heavy (non-hydrogen) atoms. The van der Waals surface area contributed by atoms with Crippen LogP contribution in [0.5, 0.6) is 0 Å². The molecular weight excluding hydrogens is 388 g/mol. The maximum Gasteiger partial charge on any atom is 0.329 e. The van der Waals surface area contributed by atoms with E-state index in [1.54, 1.807) is 0 Å². The average Bonchev–Trinajstić information content (AvgIpc) is 3.30. The van der Waals surface area contributed by atoms with Crippen molar-refractivity contribution in [2.45, 2.75) is 44.1 Å². The number of ether oxygens (including phenoxy) is 1. The summed E-state index contributed by atoms with van der Waals surface area (Å²) in [6.45, 7) is 0.935. The van der Waals surface area contributed by atoms with Crippen LogP contribution in [-0.2, 0) is 39.8 Å². The fourth-order valence-electron chi connectivity index (χ4n) is 5.81.